The molecule has 0 fully saturated rings. The van der Waals surface area contributed by atoms with Gasteiger partial charge in [0.2, 0.25) is 0 Å². The molecule has 0 atom stereocenters. The Morgan fingerprint density at radius 2 is 2.12 bits per heavy atom. The minimum atomic E-state index is -0.172. The second kappa shape index (κ2) is 4.62. The van der Waals surface area contributed by atoms with E-state index in [-0.39, 0.29) is 11.3 Å². The van der Waals surface area contributed by atoms with E-state index in [9.17, 15) is 9.90 Å². The summed E-state index contributed by atoms with van der Waals surface area (Å²) < 4.78 is 0. The molecule has 1 aromatic carbocycles. The van der Waals surface area contributed by atoms with Crippen LogP contribution in [0.2, 0.25) is 0 Å². The largest absolute Gasteiger partial charge is 0.507 e. The number of hydrogen-bond donors (Lipinski definition) is 2. The molecule has 0 bridgehead atoms. The minimum Gasteiger partial charge on any atom is -0.507 e. The highest BCUT2D eigenvalue weighted by Crippen LogP contribution is 2.26. The number of H-pyrrole nitrogens is 1. The number of aromatic nitrogens is 1. The van der Waals surface area contributed by atoms with Crippen molar-refractivity contribution in [1.29, 1.82) is 0 Å². The van der Waals surface area contributed by atoms with Crippen molar-refractivity contribution in [2.45, 2.75) is 33.1 Å². The first-order chi connectivity index (χ1) is 8.13. The first kappa shape index (κ1) is 11.7. The zero-order valence-corrected chi connectivity index (χ0v) is 10.2. The van der Waals surface area contributed by atoms with Crippen molar-refractivity contribution in [3.05, 3.63) is 39.7 Å². The van der Waals surface area contributed by atoms with Gasteiger partial charge in [0.15, 0.2) is 0 Å². The van der Waals surface area contributed by atoms with Gasteiger partial charge in [-0.15, -0.1) is 0 Å². The molecule has 3 nitrogen and oxygen atoms in total. The van der Waals surface area contributed by atoms with Gasteiger partial charge < -0.3 is 10.1 Å². The third-order valence-electron chi connectivity index (χ3n) is 3.02. The van der Waals surface area contributed by atoms with Gasteiger partial charge >= 0.3 is 0 Å². The number of nitrogens with one attached hydrogen (secondary N) is 1. The summed E-state index contributed by atoms with van der Waals surface area (Å²) in [4.78, 5) is 14.7. The number of pyridine rings is 1. The first-order valence-electron chi connectivity index (χ1n) is 5.98. The quantitative estimate of drug-likeness (QED) is 0.853. The van der Waals surface area contributed by atoms with Crippen LogP contribution in [0.15, 0.2) is 23.0 Å². The lowest BCUT2D eigenvalue weighted by Crippen LogP contribution is -2.12. The summed E-state index contributed by atoms with van der Waals surface area (Å²) >= 11 is 0. The van der Waals surface area contributed by atoms with Crippen LogP contribution in [0.4, 0.5) is 0 Å². The first-order valence-corrected chi connectivity index (χ1v) is 5.98. The van der Waals surface area contributed by atoms with Crippen molar-refractivity contribution in [2.24, 2.45) is 0 Å². The van der Waals surface area contributed by atoms with Crippen molar-refractivity contribution in [1.82, 2.24) is 4.98 Å². The Balaban J connectivity index is 2.63. The highest BCUT2D eigenvalue weighted by Gasteiger charge is 2.10. The number of aromatic amines is 1. The third kappa shape index (κ3) is 2.18. The molecule has 0 saturated carbocycles. The van der Waals surface area contributed by atoms with Crippen LogP contribution in [0.3, 0.4) is 0 Å². The molecule has 0 radical (unpaired) electrons. The van der Waals surface area contributed by atoms with Gasteiger partial charge in [-0.05, 0) is 37.5 Å². The van der Waals surface area contributed by atoms with E-state index < -0.39 is 0 Å². The van der Waals surface area contributed by atoms with Gasteiger partial charge in [-0.3, -0.25) is 4.79 Å². The Bertz CT molecular complexity index is 599. The lowest BCUT2D eigenvalue weighted by atomic mass is 10.0. The van der Waals surface area contributed by atoms with Crippen LogP contribution in [-0.4, -0.2) is 10.1 Å². The summed E-state index contributed by atoms with van der Waals surface area (Å²) in [5.41, 5.74) is 2.10. The molecule has 0 spiro atoms. The molecule has 2 N–H and O–H groups in total. The van der Waals surface area contributed by atoms with Crippen molar-refractivity contribution >= 4 is 10.9 Å². The number of hydrogen-bond acceptors (Lipinski definition) is 2. The van der Waals surface area contributed by atoms with Gasteiger partial charge in [0.05, 0.1) is 11.1 Å². The smallest absolute Gasteiger partial charge is 0.255 e. The molecular formula is C14H17NO2. The monoisotopic (exact) mass is 231 g/mol. The topological polar surface area (TPSA) is 53.1 Å². The van der Waals surface area contributed by atoms with Crippen molar-refractivity contribution in [3.63, 3.8) is 0 Å². The zero-order valence-electron chi connectivity index (χ0n) is 10.2. The molecule has 90 valence electrons. The molecule has 0 amide bonds. The predicted octanol–water partition coefficient (Wildman–Crippen LogP) is 2.88. The SMILES string of the molecule is CCCCc1c(O)c2ccc(C)cc2[nH]c1=O. The molecule has 2 aromatic rings. The van der Waals surface area contributed by atoms with E-state index in [1.165, 1.54) is 0 Å². The fourth-order valence-electron chi connectivity index (χ4n) is 2.02. The van der Waals surface area contributed by atoms with Crippen LogP contribution in [0, 0.1) is 6.92 Å². The fraction of sp³-hybridized carbons (Fsp3) is 0.357. The second-order valence-electron chi connectivity index (χ2n) is 4.43. The molecule has 2 rings (SSSR count). The molecule has 0 saturated heterocycles. The molecule has 17 heavy (non-hydrogen) atoms. The summed E-state index contributed by atoms with van der Waals surface area (Å²) in [6, 6.07) is 5.66. The molecule has 3 heteroatoms. The van der Waals surface area contributed by atoms with Gasteiger partial charge in [0.1, 0.15) is 5.75 Å². The van der Waals surface area contributed by atoms with Gasteiger partial charge in [0, 0.05) is 5.39 Å². The summed E-state index contributed by atoms with van der Waals surface area (Å²) in [5.74, 6) is 0.136. The third-order valence-corrected chi connectivity index (χ3v) is 3.02. The molecule has 0 aliphatic heterocycles. The van der Waals surface area contributed by atoms with E-state index in [0.717, 1.165) is 23.8 Å². The lowest BCUT2D eigenvalue weighted by molar-refractivity contribution is 0.471. The van der Waals surface area contributed by atoms with Crippen LogP contribution in [0.25, 0.3) is 10.9 Å². The number of aromatic hydroxyl groups is 1. The van der Waals surface area contributed by atoms with E-state index in [2.05, 4.69) is 11.9 Å². The Kier molecular flexibility index (Phi) is 3.18. The minimum absolute atomic E-state index is 0.136. The lowest BCUT2D eigenvalue weighted by Gasteiger charge is -2.07. The number of rotatable bonds is 3. The van der Waals surface area contributed by atoms with Crippen LogP contribution in [0.1, 0.15) is 30.9 Å². The van der Waals surface area contributed by atoms with Gasteiger partial charge in [-0.25, -0.2) is 0 Å². The highest BCUT2D eigenvalue weighted by atomic mass is 16.3. The number of unbranched alkanes of at least 4 members (excludes halogenated alkanes) is 1. The number of fused-ring (bicyclic) bond motifs is 1. The average molecular weight is 231 g/mol. The van der Waals surface area contributed by atoms with E-state index in [1.807, 2.05) is 25.1 Å². The molecule has 1 heterocycles. The van der Waals surface area contributed by atoms with E-state index in [0.29, 0.717) is 17.5 Å². The van der Waals surface area contributed by atoms with Crippen LogP contribution < -0.4 is 5.56 Å². The van der Waals surface area contributed by atoms with Crippen LogP contribution in [0.5, 0.6) is 5.75 Å². The zero-order chi connectivity index (χ0) is 12.4. The highest BCUT2D eigenvalue weighted by molar-refractivity contribution is 5.86. The van der Waals surface area contributed by atoms with E-state index >= 15 is 0 Å². The molecule has 0 aliphatic carbocycles. The Morgan fingerprint density at radius 3 is 2.82 bits per heavy atom. The van der Waals surface area contributed by atoms with E-state index in [1.54, 1.807) is 0 Å². The number of aryl methyl sites for hydroxylation is 1. The summed E-state index contributed by atoms with van der Waals surface area (Å²) in [7, 11) is 0. The second-order valence-corrected chi connectivity index (χ2v) is 4.43. The molecule has 1 aromatic heterocycles. The van der Waals surface area contributed by atoms with Crippen molar-refractivity contribution in [2.75, 3.05) is 0 Å². The Hall–Kier alpha value is -1.77. The summed E-state index contributed by atoms with van der Waals surface area (Å²) in [6.07, 6.45) is 2.54. The normalized spacial score (nSPS) is 10.9. The fourth-order valence-corrected chi connectivity index (χ4v) is 2.02. The molecule has 0 unspecified atom stereocenters. The van der Waals surface area contributed by atoms with Crippen molar-refractivity contribution < 1.29 is 5.11 Å². The number of benzene rings is 1. The maximum Gasteiger partial charge on any atom is 0.255 e. The summed E-state index contributed by atoms with van der Waals surface area (Å²) in [5, 5.41) is 10.9. The van der Waals surface area contributed by atoms with Gasteiger partial charge in [-0.2, -0.15) is 0 Å². The van der Waals surface area contributed by atoms with Crippen LogP contribution in [-0.2, 0) is 6.42 Å². The summed E-state index contributed by atoms with van der Waals surface area (Å²) in [6.45, 7) is 4.02. The predicted molar refractivity (Wildman–Crippen MR) is 69.6 cm³/mol. The van der Waals surface area contributed by atoms with E-state index in [4.69, 9.17) is 0 Å². The van der Waals surface area contributed by atoms with Gasteiger partial charge in [-0.1, -0.05) is 19.4 Å². The maximum absolute atomic E-state index is 11.9. The Labute approximate surface area is 100 Å². The maximum atomic E-state index is 11.9. The van der Waals surface area contributed by atoms with Crippen LogP contribution >= 0.6 is 0 Å². The average Bonchev–Trinajstić information content (AvgIpc) is 2.28. The molecule has 0 aliphatic rings. The standard InChI is InChI=1S/C14H17NO2/c1-3-4-5-11-13(16)10-7-6-9(2)8-12(10)15-14(11)17/h6-8H,3-5H2,1-2H3,(H2,15,16,17). The Morgan fingerprint density at radius 1 is 1.35 bits per heavy atom. The molecular weight excluding hydrogens is 214 g/mol. The van der Waals surface area contributed by atoms with Gasteiger partial charge in [0.25, 0.3) is 5.56 Å². The van der Waals surface area contributed by atoms with Crippen molar-refractivity contribution in [3.8, 4) is 5.75 Å².